The molecule has 0 aliphatic heterocycles. The van der Waals surface area contributed by atoms with E-state index in [0.717, 1.165) is 11.3 Å². The second-order valence-corrected chi connectivity index (χ2v) is 3.39. The zero-order chi connectivity index (χ0) is 10.6. The van der Waals surface area contributed by atoms with Gasteiger partial charge in [0, 0.05) is 6.04 Å². The van der Waals surface area contributed by atoms with Gasteiger partial charge in [-0.3, -0.25) is 0 Å². The lowest BCUT2D eigenvalue weighted by Gasteiger charge is -2.13. The number of nitrogens with one attached hydrogen (secondary N) is 1. The molecule has 1 atom stereocenters. The standard InChI is InChI=1S/C11H14N2O/c1-8-3-4-10(6-12)11(5-8)13-9(2)7-14/h3-5,9,13-14H,7H2,1-2H3. The molecule has 0 aliphatic carbocycles. The number of aliphatic hydroxyl groups is 1. The lowest BCUT2D eigenvalue weighted by atomic mass is 10.1. The highest BCUT2D eigenvalue weighted by Crippen LogP contribution is 2.17. The molecule has 1 rings (SSSR count). The predicted octanol–water partition coefficient (Wildman–Crippen LogP) is 1.66. The van der Waals surface area contributed by atoms with Crippen molar-refractivity contribution in [3.8, 4) is 6.07 Å². The van der Waals surface area contributed by atoms with E-state index in [1.165, 1.54) is 0 Å². The van der Waals surface area contributed by atoms with Crippen LogP contribution in [0, 0.1) is 18.3 Å². The van der Waals surface area contributed by atoms with Crippen LogP contribution < -0.4 is 5.32 Å². The van der Waals surface area contributed by atoms with Crippen molar-refractivity contribution in [2.75, 3.05) is 11.9 Å². The van der Waals surface area contributed by atoms with E-state index >= 15 is 0 Å². The third-order valence-electron chi connectivity index (χ3n) is 1.97. The summed E-state index contributed by atoms with van der Waals surface area (Å²) in [6.45, 7) is 3.89. The Kier molecular flexibility index (Phi) is 3.49. The zero-order valence-electron chi connectivity index (χ0n) is 8.41. The van der Waals surface area contributed by atoms with Gasteiger partial charge in [0.2, 0.25) is 0 Å². The van der Waals surface area contributed by atoms with Gasteiger partial charge >= 0.3 is 0 Å². The fourth-order valence-corrected chi connectivity index (χ4v) is 1.19. The van der Waals surface area contributed by atoms with Crippen LogP contribution in [0.4, 0.5) is 5.69 Å². The summed E-state index contributed by atoms with van der Waals surface area (Å²) in [5, 5.41) is 20.8. The smallest absolute Gasteiger partial charge is 0.101 e. The first kappa shape index (κ1) is 10.6. The number of nitrogens with zero attached hydrogens (tertiary/aromatic N) is 1. The van der Waals surface area contributed by atoms with Crippen molar-refractivity contribution in [2.24, 2.45) is 0 Å². The minimum atomic E-state index is -0.0381. The van der Waals surface area contributed by atoms with E-state index in [4.69, 9.17) is 10.4 Å². The van der Waals surface area contributed by atoms with Gasteiger partial charge in [-0.2, -0.15) is 5.26 Å². The number of aliphatic hydroxyl groups excluding tert-OH is 1. The van der Waals surface area contributed by atoms with E-state index in [0.29, 0.717) is 5.56 Å². The number of anilines is 1. The van der Waals surface area contributed by atoms with Gasteiger partial charge in [0.1, 0.15) is 6.07 Å². The summed E-state index contributed by atoms with van der Waals surface area (Å²) < 4.78 is 0. The van der Waals surface area contributed by atoms with Crippen molar-refractivity contribution in [1.29, 1.82) is 5.26 Å². The van der Waals surface area contributed by atoms with Crippen molar-refractivity contribution >= 4 is 5.69 Å². The van der Waals surface area contributed by atoms with Crippen LogP contribution in [0.15, 0.2) is 18.2 Å². The topological polar surface area (TPSA) is 56.0 Å². The number of rotatable bonds is 3. The number of hydrogen-bond donors (Lipinski definition) is 2. The van der Waals surface area contributed by atoms with E-state index in [9.17, 15) is 0 Å². The molecular formula is C11H14N2O. The molecular weight excluding hydrogens is 176 g/mol. The third kappa shape index (κ3) is 2.48. The lowest BCUT2D eigenvalue weighted by Crippen LogP contribution is -2.19. The molecule has 0 amide bonds. The minimum absolute atomic E-state index is 0.0381. The molecule has 0 aromatic heterocycles. The first-order valence-electron chi connectivity index (χ1n) is 4.55. The molecule has 0 saturated heterocycles. The van der Waals surface area contributed by atoms with Gasteiger partial charge < -0.3 is 10.4 Å². The molecule has 0 heterocycles. The van der Waals surface area contributed by atoms with Gasteiger partial charge in [-0.15, -0.1) is 0 Å². The lowest BCUT2D eigenvalue weighted by molar-refractivity contribution is 0.281. The highest BCUT2D eigenvalue weighted by Gasteiger charge is 2.04. The second-order valence-electron chi connectivity index (χ2n) is 3.39. The van der Waals surface area contributed by atoms with E-state index in [-0.39, 0.29) is 12.6 Å². The van der Waals surface area contributed by atoms with Gasteiger partial charge in [0.25, 0.3) is 0 Å². The molecule has 1 aromatic rings. The van der Waals surface area contributed by atoms with Crippen LogP contribution in [0.3, 0.4) is 0 Å². The summed E-state index contributed by atoms with van der Waals surface area (Å²) in [5.41, 5.74) is 2.49. The minimum Gasteiger partial charge on any atom is -0.394 e. The second kappa shape index (κ2) is 4.64. The first-order chi connectivity index (χ1) is 6.67. The molecule has 74 valence electrons. The van der Waals surface area contributed by atoms with Crippen molar-refractivity contribution in [3.63, 3.8) is 0 Å². The average Bonchev–Trinajstić information content (AvgIpc) is 2.18. The highest BCUT2D eigenvalue weighted by atomic mass is 16.3. The largest absolute Gasteiger partial charge is 0.394 e. The summed E-state index contributed by atoms with van der Waals surface area (Å²) in [6.07, 6.45) is 0. The summed E-state index contributed by atoms with van der Waals surface area (Å²) in [7, 11) is 0. The molecule has 0 fully saturated rings. The van der Waals surface area contributed by atoms with Gasteiger partial charge in [0.05, 0.1) is 17.9 Å². The fraction of sp³-hybridized carbons (Fsp3) is 0.364. The quantitative estimate of drug-likeness (QED) is 0.762. The number of nitriles is 1. The Bertz CT molecular complexity index is 355. The molecule has 2 N–H and O–H groups in total. The van der Waals surface area contributed by atoms with Crippen molar-refractivity contribution in [2.45, 2.75) is 19.9 Å². The molecule has 0 bridgehead atoms. The Labute approximate surface area is 84.0 Å². The summed E-state index contributed by atoms with van der Waals surface area (Å²) in [4.78, 5) is 0. The molecule has 0 spiro atoms. The van der Waals surface area contributed by atoms with E-state index in [2.05, 4.69) is 11.4 Å². The molecule has 1 unspecified atom stereocenters. The van der Waals surface area contributed by atoms with Crippen molar-refractivity contribution < 1.29 is 5.11 Å². The number of hydrogen-bond acceptors (Lipinski definition) is 3. The highest BCUT2D eigenvalue weighted by molar-refractivity contribution is 5.59. The Hall–Kier alpha value is -1.53. The molecule has 0 aliphatic rings. The number of benzene rings is 1. The van der Waals surface area contributed by atoms with Crippen LogP contribution >= 0.6 is 0 Å². The van der Waals surface area contributed by atoms with E-state index in [1.54, 1.807) is 6.07 Å². The normalized spacial score (nSPS) is 11.9. The van der Waals surface area contributed by atoms with Gasteiger partial charge in [-0.05, 0) is 31.5 Å². The van der Waals surface area contributed by atoms with Crippen LogP contribution in [-0.2, 0) is 0 Å². The Balaban J connectivity index is 2.94. The van der Waals surface area contributed by atoms with Crippen LogP contribution in [0.25, 0.3) is 0 Å². The monoisotopic (exact) mass is 190 g/mol. The Morgan fingerprint density at radius 1 is 1.57 bits per heavy atom. The van der Waals surface area contributed by atoms with Crippen LogP contribution in [0.1, 0.15) is 18.1 Å². The average molecular weight is 190 g/mol. The van der Waals surface area contributed by atoms with E-state index < -0.39 is 0 Å². The predicted molar refractivity (Wildman–Crippen MR) is 56.1 cm³/mol. The zero-order valence-corrected chi connectivity index (χ0v) is 8.41. The van der Waals surface area contributed by atoms with Gasteiger partial charge in [-0.25, -0.2) is 0 Å². The maximum Gasteiger partial charge on any atom is 0.101 e. The summed E-state index contributed by atoms with van der Waals surface area (Å²) in [6, 6.07) is 7.65. The molecule has 3 heteroatoms. The van der Waals surface area contributed by atoms with Crippen LogP contribution in [-0.4, -0.2) is 17.8 Å². The molecule has 0 saturated carbocycles. The summed E-state index contributed by atoms with van der Waals surface area (Å²) in [5.74, 6) is 0. The number of aryl methyl sites for hydroxylation is 1. The maximum absolute atomic E-state index is 8.88. The maximum atomic E-state index is 8.88. The van der Waals surface area contributed by atoms with Gasteiger partial charge in [-0.1, -0.05) is 6.07 Å². The van der Waals surface area contributed by atoms with Crippen molar-refractivity contribution in [1.82, 2.24) is 0 Å². The molecule has 1 aromatic carbocycles. The van der Waals surface area contributed by atoms with Gasteiger partial charge in [0.15, 0.2) is 0 Å². The SMILES string of the molecule is Cc1ccc(C#N)c(NC(C)CO)c1. The van der Waals surface area contributed by atoms with E-state index in [1.807, 2.05) is 26.0 Å². The molecule has 14 heavy (non-hydrogen) atoms. The molecule has 0 radical (unpaired) electrons. The van der Waals surface area contributed by atoms with Crippen LogP contribution in [0.5, 0.6) is 0 Å². The van der Waals surface area contributed by atoms with Crippen molar-refractivity contribution in [3.05, 3.63) is 29.3 Å². The first-order valence-corrected chi connectivity index (χ1v) is 4.55. The Morgan fingerprint density at radius 2 is 2.29 bits per heavy atom. The molecule has 3 nitrogen and oxygen atoms in total. The summed E-state index contributed by atoms with van der Waals surface area (Å²) >= 11 is 0. The van der Waals surface area contributed by atoms with Crippen LogP contribution in [0.2, 0.25) is 0 Å². The third-order valence-corrected chi connectivity index (χ3v) is 1.97. The Morgan fingerprint density at radius 3 is 2.86 bits per heavy atom. The fourth-order valence-electron chi connectivity index (χ4n) is 1.19.